The van der Waals surface area contributed by atoms with Gasteiger partial charge in [-0.05, 0) is 37.5 Å². The first-order valence-electron chi connectivity index (χ1n) is 7.87. The van der Waals surface area contributed by atoms with Crippen molar-refractivity contribution < 1.29 is 4.74 Å². The van der Waals surface area contributed by atoms with E-state index in [1.807, 2.05) is 6.92 Å². The minimum atomic E-state index is 0.702. The third-order valence-corrected chi connectivity index (χ3v) is 4.01. The molecule has 112 valence electrons. The second-order valence-electron chi connectivity index (χ2n) is 5.85. The Morgan fingerprint density at radius 1 is 1.20 bits per heavy atom. The molecule has 0 atom stereocenters. The highest BCUT2D eigenvalue weighted by Gasteiger charge is 2.13. The molecule has 1 aliphatic carbocycles. The van der Waals surface area contributed by atoms with E-state index in [1.54, 1.807) is 0 Å². The molecule has 3 heteroatoms. The molecule has 1 fully saturated rings. The van der Waals surface area contributed by atoms with Crippen LogP contribution in [0.1, 0.15) is 44.6 Å². The van der Waals surface area contributed by atoms with E-state index in [0.29, 0.717) is 12.6 Å². The highest BCUT2D eigenvalue weighted by atomic mass is 16.5. The monoisotopic (exact) mass is 276 g/mol. The van der Waals surface area contributed by atoms with E-state index in [0.717, 1.165) is 18.0 Å². The molecule has 2 rings (SSSR count). The predicted octanol–water partition coefficient (Wildman–Crippen LogP) is 3.57. The van der Waals surface area contributed by atoms with Gasteiger partial charge in [0.2, 0.25) is 0 Å². The van der Waals surface area contributed by atoms with Gasteiger partial charge in [-0.3, -0.25) is 0 Å². The van der Waals surface area contributed by atoms with Gasteiger partial charge >= 0.3 is 0 Å². The van der Waals surface area contributed by atoms with Gasteiger partial charge < -0.3 is 15.0 Å². The maximum atomic E-state index is 5.76. The summed E-state index contributed by atoms with van der Waals surface area (Å²) < 4.78 is 5.76. The third kappa shape index (κ3) is 4.14. The van der Waals surface area contributed by atoms with Crippen LogP contribution in [0.25, 0.3) is 0 Å². The first-order chi connectivity index (χ1) is 9.70. The molecule has 3 nitrogen and oxygen atoms in total. The molecule has 0 aliphatic heterocycles. The van der Waals surface area contributed by atoms with Crippen LogP contribution in [0, 0.1) is 0 Å². The Hall–Kier alpha value is -1.22. The minimum absolute atomic E-state index is 0.702. The van der Waals surface area contributed by atoms with Crippen molar-refractivity contribution >= 4 is 5.69 Å². The molecule has 0 unspecified atom stereocenters. The van der Waals surface area contributed by atoms with E-state index in [9.17, 15) is 0 Å². The van der Waals surface area contributed by atoms with Gasteiger partial charge in [-0.15, -0.1) is 0 Å². The van der Waals surface area contributed by atoms with Crippen molar-refractivity contribution in [2.24, 2.45) is 0 Å². The fourth-order valence-electron chi connectivity index (χ4n) is 2.88. The molecular formula is C17H28N2O. The lowest BCUT2D eigenvalue weighted by atomic mass is 9.95. The molecule has 0 spiro atoms. The normalized spacial score (nSPS) is 16.1. The average molecular weight is 276 g/mol. The van der Waals surface area contributed by atoms with Crippen molar-refractivity contribution in [2.45, 2.75) is 51.6 Å². The highest BCUT2D eigenvalue weighted by Crippen LogP contribution is 2.28. The molecule has 1 aromatic carbocycles. The van der Waals surface area contributed by atoms with Crippen molar-refractivity contribution in [2.75, 3.05) is 25.6 Å². The molecule has 0 heterocycles. The Labute approximate surface area is 123 Å². The van der Waals surface area contributed by atoms with E-state index in [1.165, 1.54) is 37.7 Å². The number of benzene rings is 1. The zero-order valence-electron chi connectivity index (χ0n) is 13.1. The summed E-state index contributed by atoms with van der Waals surface area (Å²) in [5.74, 6) is 0.987. The Balaban J connectivity index is 1.98. The summed E-state index contributed by atoms with van der Waals surface area (Å²) in [5, 5.41) is 3.69. The van der Waals surface area contributed by atoms with Gasteiger partial charge in [-0.25, -0.2) is 0 Å². The Morgan fingerprint density at radius 2 is 1.95 bits per heavy atom. The SMILES string of the molecule is CCOc1cc(CNC2CCCCC2)ccc1N(C)C. The van der Waals surface area contributed by atoms with Gasteiger partial charge in [0.1, 0.15) is 5.75 Å². The molecule has 1 saturated carbocycles. The van der Waals surface area contributed by atoms with Crippen LogP contribution in [-0.2, 0) is 6.54 Å². The molecule has 0 aromatic heterocycles. The van der Waals surface area contributed by atoms with Crippen molar-refractivity contribution in [1.29, 1.82) is 0 Å². The van der Waals surface area contributed by atoms with Gasteiger partial charge in [0.15, 0.2) is 0 Å². The second kappa shape index (κ2) is 7.53. The van der Waals surface area contributed by atoms with Gasteiger partial charge in [0.25, 0.3) is 0 Å². The molecule has 0 amide bonds. The molecule has 1 aromatic rings. The largest absolute Gasteiger partial charge is 0.492 e. The van der Waals surface area contributed by atoms with Crippen LogP contribution < -0.4 is 15.0 Å². The van der Waals surface area contributed by atoms with E-state index in [4.69, 9.17) is 4.74 Å². The number of ether oxygens (including phenoxy) is 1. The zero-order chi connectivity index (χ0) is 14.4. The summed E-state index contributed by atoms with van der Waals surface area (Å²) in [6.45, 7) is 3.69. The van der Waals surface area contributed by atoms with Crippen LogP contribution in [0.5, 0.6) is 5.75 Å². The maximum absolute atomic E-state index is 5.76. The van der Waals surface area contributed by atoms with Crippen molar-refractivity contribution in [3.05, 3.63) is 23.8 Å². The van der Waals surface area contributed by atoms with Crippen LogP contribution in [0.3, 0.4) is 0 Å². The fourth-order valence-corrected chi connectivity index (χ4v) is 2.88. The average Bonchev–Trinajstić information content (AvgIpc) is 2.46. The van der Waals surface area contributed by atoms with E-state index < -0.39 is 0 Å². The van der Waals surface area contributed by atoms with Gasteiger partial charge in [-0.2, -0.15) is 0 Å². The lowest BCUT2D eigenvalue weighted by Crippen LogP contribution is -2.30. The molecule has 0 saturated heterocycles. The van der Waals surface area contributed by atoms with Crippen molar-refractivity contribution in [3.8, 4) is 5.75 Å². The zero-order valence-corrected chi connectivity index (χ0v) is 13.1. The quantitative estimate of drug-likeness (QED) is 0.859. The van der Waals surface area contributed by atoms with E-state index in [2.05, 4.69) is 42.5 Å². The lowest BCUT2D eigenvalue weighted by Gasteiger charge is -2.23. The topological polar surface area (TPSA) is 24.5 Å². The molecule has 20 heavy (non-hydrogen) atoms. The Kier molecular flexibility index (Phi) is 5.72. The summed E-state index contributed by atoms with van der Waals surface area (Å²) in [7, 11) is 4.11. The van der Waals surface area contributed by atoms with Crippen molar-refractivity contribution in [3.63, 3.8) is 0 Å². The molecule has 0 radical (unpaired) electrons. The molecule has 1 N–H and O–H groups in total. The molecular weight excluding hydrogens is 248 g/mol. The van der Waals surface area contributed by atoms with E-state index in [-0.39, 0.29) is 0 Å². The van der Waals surface area contributed by atoms with Gasteiger partial charge in [0.05, 0.1) is 12.3 Å². The Morgan fingerprint density at radius 3 is 2.60 bits per heavy atom. The second-order valence-corrected chi connectivity index (χ2v) is 5.85. The Bertz CT molecular complexity index is 411. The number of hydrogen-bond donors (Lipinski definition) is 1. The van der Waals surface area contributed by atoms with Gasteiger partial charge in [-0.1, -0.05) is 25.3 Å². The highest BCUT2D eigenvalue weighted by molar-refractivity contribution is 5.58. The summed E-state index contributed by atoms with van der Waals surface area (Å²) in [6.07, 6.45) is 6.81. The number of nitrogens with zero attached hydrogens (tertiary/aromatic N) is 1. The summed E-state index contributed by atoms with van der Waals surface area (Å²) in [6, 6.07) is 7.23. The number of nitrogens with one attached hydrogen (secondary N) is 1. The minimum Gasteiger partial charge on any atom is -0.492 e. The van der Waals surface area contributed by atoms with Crippen LogP contribution in [-0.4, -0.2) is 26.7 Å². The van der Waals surface area contributed by atoms with E-state index >= 15 is 0 Å². The third-order valence-electron chi connectivity index (χ3n) is 4.01. The first kappa shape index (κ1) is 15.2. The summed E-state index contributed by atoms with van der Waals surface area (Å²) in [5.41, 5.74) is 2.46. The summed E-state index contributed by atoms with van der Waals surface area (Å²) in [4.78, 5) is 2.10. The van der Waals surface area contributed by atoms with Gasteiger partial charge in [0, 0.05) is 26.7 Å². The lowest BCUT2D eigenvalue weighted by molar-refractivity contribution is 0.340. The maximum Gasteiger partial charge on any atom is 0.142 e. The summed E-state index contributed by atoms with van der Waals surface area (Å²) >= 11 is 0. The number of anilines is 1. The molecule has 1 aliphatic rings. The fraction of sp³-hybridized carbons (Fsp3) is 0.647. The van der Waals surface area contributed by atoms with Crippen LogP contribution in [0.2, 0.25) is 0 Å². The number of hydrogen-bond acceptors (Lipinski definition) is 3. The molecule has 0 bridgehead atoms. The standard InChI is InChI=1S/C17H28N2O/c1-4-20-17-12-14(10-11-16(17)19(2)3)13-18-15-8-6-5-7-9-15/h10-12,15,18H,4-9,13H2,1-3H3. The predicted molar refractivity (Wildman–Crippen MR) is 85.7 cm³/mol. The van der Waals surface area contributed by atoms with Crippen LogP contribution >= 0.6 is 0 Å². The van der Waals surface area contributed by atoms with Crippen LogP contribution in [0.4, 0.5) is 5.69 Å². The number of rotatable bonds is 6. The van der Waals surface area contributed by atoms with Crippen LogP contribution in [0.15, 0.2) is 18.2 Å². The first-order valence-corrected chi connectivity index (χ1v) is 7.87. The smallest absolute Gasteiger partial charge is 0.142 e. The van der Waals surface area contributed by atoms with Crippen molar-refractivity contribution in [1.82, 2.24) is 5.32 Å².